The SMILES string of the molecule is O=C(c1cccs1)N(Cc1ccccc1Cl)CC1CC(c2cccnc2)=NO1. The highest BCUT2D eigenvalue weighted by atomic mass is 35.5. The van der Waals surface area contributed by atoms with Crippen LogP contribution in [-0.2, 0) is 11.4 Å². The lowest BCUT2D eigenvalue weighted by Crippen LogP contribution is -2.37. The van der Waals surface area contributed by atoms with Crippen LogP contribution in [-0.4, -0.2) is 34.2 Å². The molecule has 3 heterocycles. The van der Waals surface area contributed by atoms with E-state index in [9.17, 15) is 4.79 Å². The number of aromatic nitrogens is 1. The summed E-state index contributed by atoms with van der Waals surface area (Å²) in [5.41, 5.74) is 2.69. The average molecular weight is 412 g/mol. The summed E-state index contributed by atoms with van der Waals surface area (Å²) in [6, 6.07) is 15.1. The first-order valence-electron chi connectivity index (χ1n) is 8.90. The lowest BCUT2D eigenvalue weighted by atomic mass is 10.1. The van der Waals surface area contributed by atoms with Gasteiger partial charge in [-0.2, -0.15) is 0 Å². The molecule has 0 saturated carbocycles. The van der Waals surface area contributed by atoms with Crippen LogP contribution in [0.1, 0.15) is 27.2 Å². The summed E-state index contributed by atoms with van der Waals surface area (Å²) in [5.74, 6) is -0.0339. The highest BCUT2D eigenvalue weighted by molar-refractivity contribution is 7.12. The number of rotatable bonds is 6. The van der Waals surface area contributed by atoms with Crippen molar-refractivity contribution in [3.63, 3.8) is 0 Å². The molecule has 0 saturated heterocycles. The minimum absolute atomic E-state index is 0.0339. The third-order valence-electron chi connectivity index (χ3n) is 4.49. The summed E-state index contributed by atoms with van der Waals surface area (Å²) >= 11 is 7.75. The molecule has 1 aliphatic heterocycles. The van der Waals surface area contributed by atoms with Crippen molar-refractivity contribution in [2.75, 3.05) is 6.54 Å². The van der Waals surface area contributed by atoms with Gasteiger partial charge in [-0.25, -0.2) is 0 Å². The van der Waals surface area contributed by atoms with Crippen molar-refractivity contribution in [3.8, 4) is 0 Å². The topological polar surface area (TPSA) is 54.8 Å². The minimum atomic E-state index is -0.207. The second kappa shape index (κ2) is 8.54. The molecule has 3 aromatic rings. The van der Waals surface area contributed by atoms with Gasteiger partial charge in [0.05, 0.1) is 17.1 Å². The monoisotopic (exact) mass is 411 g/mol. The molecule has 1 atom stereocenters. The number of amides is 1. The first kappa shape index (κ1) is 18.7. The predicted molar refractivity (Wildman–Crippen MR) is 111 cm³/mol. The van der Waals surface area contributed by atoms with E-state index in [-0.39, 0.29) is 12.0 Å². The Morgan fingerprint density at radius 3 is 2.86 bits per heavy atom. The Hall–Kier alpha value is -2.70. The Kier molecular flexibility index (Phi) is 5.69. The Morgan fingerprint density at radius 2 is 2.11 bits per heavy atom. The zero-order valence-electron chi connectivity index (χ0n) is 15.0. The van der Waals surface area contributed by atoms with Crippen molar-refractivity contribution in [1.29, 1.82) is 0 Å². The van der Waals surface area contributed by atoms with Gasteiger partial charge in [-0.1, -0.05) is 41.0 Å². The number of oxime groups is 1. The fourth-order valence-corrected chi connectivity index (χ4v) is 3.97. The summed E-state index contributed by atoms with van der Waals surface area (Å²) in [4.78, 5) is 25.3. The third-order valence-corrected chi connectivity index (χ3v) is 5.72. The van der Waals surface area contributed by atoms with Gasteiger partial charge in [-0.3, -0.25) is 9.78 Å². The summed E-state index contributed by atoms with van der Waals surface area (Å²) in [6.45, 7) is 0.841. The molecule has 0 bridgehead atoms. The van der Waals surface area contributed by atoms with E-state index in [1.165, 1.54) is 11.3 Å². The van der Waals surface area contributed by atoms with Gasteiger partial charge in [-0.05, 0) is 35.2 Å². The zero-order chi connectivity index (χ0) is 19.3. The Bertz CT molecular complexity index is 976. The van der Waals surface area contributed by atoms with Crippen LogP contribution in [0.2, 0.25) is 5.02 Å². The number of carbonyl (C=O) groups is 1. The zero-order valence-corrected chi connectivity index (χ0v) is 16.6. The molecule has 1 unspecified atom stereocenters. The van der Waals surface area contributed by atoms with Crippen LogP contribution in [0.4, 0.5) is 0 Å². The fraction of sp³-hybridized carbons (Fsp3) is 0.190. The van der Waals surface area contributed by atoms with E-state index in [0.717, 1.165) is 16.8 Å². The molecule has 142 valence electrons. The van der Waals surface area contributed by atoms with Crippen LogP contribution in [0, 0.1) is 0 Å². The molecule has 1 aromatic carbocycles. The van der Waals surface area contributed by atoms with Crippen LogP contribution >= 0.6 is 22.9 Å². The van der Waals surface area contributed by atoms with Gasteiger partial charge >= 0.3 is 0 Å². The normalized spacial score (nSPS) is 15.8. The van der Waals surface area contributed by atoms with Crippen molar-refractivity contribution in [1.82, 2.24) is 9.88 Å². The van der Waals surface area contributed by atoms with Gasteiger partial charge in [0.2, 0.25) is 0 Å². The first-order chi connectivity index (χ1) is 13.7. The van der Waals surface area contributed by atoms with E-state index in [0.29, 0.717) is 29.4 Å². The smallest absolute Gasteiger partial charge is 0.264 e. The number of hydrogen-bond acceptors (Lipinski definition) is 5. The van der Waals surface area contributed by atoms with E-state index in [2.05, 4.69) is 10.1 Å². The maximum Gasteiger partial charge on any atom is 0.264 e. The molecule has 2 aromatic heterocycles. The molecule has 0 N–H and O–H groups in total. The van der Waals surface area contributed by atoms with Gasteiger partial charge in [0.25, 0.3) is 5.91 Å². The summed E-state index contributed by atoms with van der Waals surface area (Å²) in [5, 5.41) is 6.75. The standard InChI is InChI=1S/C21H18ClN3O2S/c22-18-7-2-1-5-16(18)13-25(21(26)20-8-4-10-28-20)14-17-11-19(24-27-17)15-6-3-9-23-12-15/h1-10,12,17H,11,13-14H2. The molecule has 28 heavy (non-hydrogen) atoms. The quantitative estimate of drug-likeness (QED) is 0.594. The van der Waals surface area contributed by atoms with Crippen LogP contribution in [0.15, 0.2) is 71.5 Å². The molecule has 1 amide bonds. The van der Waals surface area contributed by atoms with Crippen LogP contribution in [0.5, 0.6) is 0 Å². The molecule has 0 aliphatic carbocycles. The third kappa shape index (κ3) is 4.24. The lowest BCUT2D eigenvalue weighted by molar-refractivity contribution is 0.0408. The van der Waals surface area contributed by atoms with Gasteiger partial charge in [0.15, 0.2) is 6.10 Å². The van der Waals surface area contributed by atoms with Crippen molar-refractivity contribution in [3.05, 3.63) is 87.3 Å². The summed E-state index contributed by atoms with van der Waals surface area (Å²) < 4.78 is 0. The maximum absolute atomic E-state index is 13.1. The molecule has 1 aliphatic rings. The molecular weight excluding hydrogens is 394 g/mol. The highest BCUT2D eigenvalue weighted by Gasteiger charge is 2.28. The first-order valence-corrected chi connectivity index (χ1v) is 10.2. The van der Waals surface area contributed by atoms with Gasteiger partial charge in [-0.15, -0.1) is 11.3 Å². The van der Waals surface area contributed by atoms with E-state index in [1.54, 1.807) is 17.3 Å². The largest absolute Gasteiger partial charge is 0.390 e. The molecule has 4 rings (SSSR count). The summed E-state index contributed by atoms with van der Waals surface area (Å²) in [6.07, 6.45) is 3.91. The van der Waals surface area contributed by atoms with Crippen molar-refractivity contribution in [2.24, 2.45) is 5.16 Å². The van der Waals surface area contributed by atoms with Gasteiger partial charge < -0.3 is 9.74 Å². The van der Waals surface area contributed by atoms with E-state index >= 15 is 0 Å². The van der Waals surface area contributed by atoms with Gasteiger partial charge in [0.1, 0.15) is 0 Å². The van der Waals surface area contributed by atoms with E-state index < -0.39 is 0 Å². The average Bonchev–Trinajstić information content (AvgIpc) is 3.41. The number of thiophene rings is 1. The van der Waals surface area contributed by atoms with Gasteiger partial charge in [0, 0.05) is 35.9 Å². The molecular formula is C21H18ClN3O2S. The van der Waals surface area contributed by atoms with E-state index in [4.69, 9.17) is 16.4 Å². The minimum Gasteiger partial charge on any atom is -0.390 e. The van der Waals surface area contributed by atoms with Crippen molar-refractivity contribution in [2.45, 2.75) is 19.1 Å². The van der Waals surface area contributed by atoms with Crippen molar-refractivity contribution < 1.29 is 9.63 Å². The Morgan fingerprint density at radius 1 is 1.21 bits per heavy atom. The van der Waals surface area contributed by atoms with Crippen LogP contribution < -0.4 is 0 Å². The molecule has 0 spiro atoms. The second-order valence-electron chi connectivity index (χ2n) is 6.47. The van der Waals surface area contributed by atoms with E-state index in [1.807, 2.05) is 53.9 Å². The van der Waals surface area contributed by atoms with Crippen LogP contribution in [0.25, 0.3) is 0 Å². The predicted octanol–water partition coefficient (Wildman–Crippen LogP) is 4.63. The Balaban J connectivity index is 1.50. The molecule has 0 fully saturated rings. The molecule has 0 radical (unpaired) electrons. The number of hydrogen-bond donors (Lipinski definition) is 0. The number of carbonyl (C=O) groups excluding carboxylic acids is 1. The second-order valence-corrected chi connectivity index (χ2v) is 7.82. The maximum atomic E-state index is 13.1. The number of pyridine rings is 1. The molecule has 7 heteroatoms. The van der Waals surface area contributed by atoms with Crippen molar-refractivity contribution >= 4 is 34.6 Å². The summed E-state index contributed by atoms with van der Waals surface area (Å²) in [7, 11) is 0. The lowest BCUT2D eigenvalue weighted by Gasteiger charge is -2.25. The Labute approximate surface area is 172 Å². The highest BCUT2D eigenvalue weighted by Crippen LogP contribution is 2.23. The molecule has 5 nitrogen and oxygen atoms in total. The van der Waals surface area contributed by atoms with Crippen LogP contribution in [0.3, 0.4) is 0 Å². The fourth-order valence-electron chi connectivity index (χ4n) is 3.08. The number of benzene rings is 1. The number of halogens is 1. The number of nitrogens with zero attached hydrogens (tertiary/aromatic N) is 3.